The molecule has 0 bridgehead atoms. The molecule has 0 saturated carbocycles. The van der Waals surface area contributed by atoms with Crippen molar-refractivity contribution in [2.24, 2.45) is 9.98 Å². The van der Waals surface area contributed by atoms with Crippen molar-refractivity contribution in [2.45, 2.75) is 32.4 Å². The Balaban J connectivity index is 2.22. The van der Waals surface area contributed by atoms with Crippen molar-refractivity contribution in [3.8, 4) is 0 Å². The van der Waals surface area contributed by atoms with Crippen LogP contribution in [0.2, 0.25) is 0 Å². The smallest absolute Gasteiger partial charge is 0.140 e. The van der Waals surface area contributed by atoms with Gasteiger partial charge in [-0.15, -0.1) is 0 Å². The van der Waals surface area contributed by atoms with Gasteiger partial charge in [0, 0.05) is 33.1 Å². The number of alkyl halides is 1. The van der Waals surface area contributed by atoms with Crippen LogP contribution in [-0.2, 0) is 10.4 Å². The van der Waals surface area contributed by atoms with Gasteiger partial charge in [-0.2, -0.15) is 0 Å². The number of nitrogens with zero attached hydrogens (tertiary/aromatic N) is 2. The Morgan fingerprint density at radius 3 is 2.35 bits per heavy atom. The SMILES string of the molecule is C=C(N=C(PC)C(C=C(C)C)=NC)c1ccc(C2(F)CCOCC2)cc1. The minimum absolute atomic E-state index is 0.408. The number of aliphatic imine (C=N–C) groups is 2. The molecule has 0 spiro atoms. The standard InChI is InChI=1S/C21H28FN2OP/c1-15(2)14-19(23-4)20(26-5)24-16(3)17-6-8-18(9-7-17)21(22)10-12-25-13-11-21/h6-9,14,26H,3,10-13H2,1-2,4-5H3. The molecule has 1 unspecified atom stereocenters. The minimum atomic E-state index is -1.29. The summed E-state index contributed by atoms with van der Waals surface area (Å²) in [7, 11) is 2.28. The maximum atomic E-state index is 15.0. The fraction of sp³-hybridized carbons (Fsp3) is 0.429. The molecule has 1 aromatic carbocycles. The van der Waals surface area contributed by atoms with Crippen molar-refractivity contribution in [3.05, 3.63) is 53.6 Å². The lowest BCUT2D eigenvalue weighted by Gasteiger charge is -2.30. The summed E-state index contributed by atoms with van der Waals surface area (Å²) in [5.74, 6) is 0. The van der Waals surface area contributed by atoms with Crippen LogP contribution in [-0.4, -0.2) is 38.1 Å². The Morgan fingerprint density at radius 1 is 1.23 bits per heavy atom. The zero-order chi connectivity index (χ0) is 19.2. The Morgan fingerprint density at radius 2 is 1.85 bits per heavy atom. The molecule has 5 heteroatoms. The minimum Gasteiger partial charge on any atom is -0.381 e. The summed E-state index contributed by atoms with van der Waals surface area (Å²) >= 11 is 0. The van der Waals surface area contributed by atoms with Gasteiger partial charge in [-0.1, -0.05) is 45.0 Å². The Labute approximate surface area is 158 Å². The molecule has 1 saturated heterocycles. The first-order valence-corrected chi connectivity index (χ1v) is 10.3. The summed E-state index contributed by atoms with van der Waals surface area (Å²) in [4.78, 5) is 9.04. The highest BCUT2D eigenvalue weighted by atomic mass is 31.1. The molecule has 1 atom stereocenters. The van der Waals surface area contributed by atoms with Gasteiger partial charge in [0.2, 0.25) is 0 Å². The molecule has 0 N–H and O–H groups in total. The summed E-state index contributed by atoms with van der Waals surface area (Å²) in [6, 6.07) is 7.50. The van der Waals surface area contributed by atoms with Crippen LogP contribution in [0, 0.1) is 0 Å². The predicted octanol–water partition coefficient (Wildman–Crippen LogP) is 5.38. The summed E-state index contributed by atoms with van der Waals surface area (Å²) in [5, 5.41) is 0. The van der Waals surface area contributed by atoms with Gasteiger partial charge in [0.1, 0.15) is 5.67 Å². The predicted molar refractivity (Wildman–Crippen MR) is 113 cm³/mol. The van der Waals surface area contributed by atoms with Crippen LogP contribution in [0.3, 0.4) is 0 Å². The van der Waals surface area contributed by atoms with E-state index in [9.17, 15) is 0 Å². The van der Waals surface area contributed by atoms with Crippen LogP contribution in [0.15, 0.2) is 52.5 Å². The molecule has 26 heavy (non-hydrogen) atoms. The Kier molecular flexibility index (Phi) is 7.43. The fourth-order valence-electron chi connectivity index (χ4n) is 2.90. The number of ether oxygens (including phenoxy) is 1. The van der Waals surface area contributed by atoms with E-state index in [-0.39, 0.29) is 0 Å². The highest BCUT2D eigenvalue weighted by Gasteiger charge is 2.34. The van der Waals surface area contributed by atoms with Gasteiger partial charge >= 0.3 is 0 Å². The second kappa shape index (κ2) is 9.34. The summed E-state index contributed by atoms with van der Waals surface area (Å²) in [6.07, 6.45) is 2.85. The maximum Gasteiger partial charge on any atom is 0.140 e. The molecule has 0 aliphatic carbocycles. The van der Waals surface area contributed by atoms with E-state index in [0.29, 0.717) is 45.9 Å². The van der Waals surface area contributed by atoms with Crippen LogP contribution in [0.5, 0.6) is 0 Å². The number of hydrogen-bond acceptors (Lipinski definition) is 3. The van der Waals surface area contributed by atoms with Crippen LogP contribution < -0.4 is 0 Å². The highest BCUT2D eigenvalue weighted by Crippen LogP contribution is 2.36. The Hall–Kier alpha value is -1.64. The molecule has 0 aromatic heterocycles. The number of benzene rings is 1. The average molecular weight is 374 g/mol. The lowest BCUT2D eigenvalue weighted by Crippen LogP contribution is -2.29. The van der Waals surface area contributed by atoms with E-state index in [1.807, 2.05) is 44.2 Å². The van der Waals surface area contributed by atoms with Crippen LogP contribution in [0.4, 0.5) is 4.39 Å². The van der Waals surface area contributed by atoms with E-state index < -0.39 is 5.67 Å². The first-order valence-electron chi connectivity index (χ1n) is 8.84. The summed E-state index contributed by atoms with van der Waals surface area (Å²) in [6.45, 7) is 11.2. The van der Waals surface area contributed by atoms with E-state index in [1.54, 1.807) is 7.05 Å². The molecule has 1 heterocycles. The van der Waals surface area contributed by atoms with E-state index in [1.165, 1.54) is 5.57 Å². The van der Waals surface area contributed by atoms with Crippen molar-refractivity contribution in [1.82, 2.24) is 0 Å². The molecule has 1 aliphatic rings. The van der Waals surface area contributed by atoms with Gasteiger partial charge in [-0.05, 0) is 37.7 Å². The van der Waals surface area contributed by atoms with Crippen LogP contribution >= 0.6 is 8.58 Å². The normalized spacial score (nSPS) is 18.2. The molecule has 2 rings (SSSR count). The van der Waals surface area contributed by atoms with E-state index in [0.717, 1.165) is 16.7 Å². The molecule has 1 aliphatic heterocycles. The van der Waals surface area contributed by atoms with Crippen molar-refractivity contribution < 1.29 is 9.13 Å². The summed E-state index contributed by atoms with van der Waals surface area (Å²) < 4.78 is 20.3. The molecule has 3 nitrogen and oxygen atoms in total. The monoisotopic (exact) mass is 374 g/mol. The van der Waals surface area contributed by atoms with Crippen molar-refractivity contribution in [3.63, 3.8) is 0 Å². The first kappa shape index (κ1) is 20.7. The number of halogens is 1. The van der Waals surface area contributed by atoms with Gasteiger partial charge in [0.25, 0.3) is 0 Å². The second-order valence-electron chi connectivity index (χ2n) is 6.64. The van der Waals surface area contributed by atoms with Crippen LogP contribution in [0.1, 0.15) is 37.8 Å². The fourth-order valence-corrected chi connectivity index (χ4v) is 3.58. The third kappa shape index (κ3) is 5.18. The molecule has 1 fully saturated rings. The van der Waals surface area contributed by atoms with Crippen LogP contribution in [0.25, 0.3) is 5.70 Å². The second-order valence-corrected chi connectivity index (χ2v) is 7.62. The van der Waals surface area contributed by atoms with Gasteiger partial charge in [0.15, 0.2) is 0 Å². The zero-order valence-corrected chi connectivity index (χ0v) is 17.1. The van der Waals surface area contributed by atoms with Crippen molar-refractivity contribution in [1.29, 1.82) is 0 Å². The molecule has 1 aromatic rings. The van der Waals surface area contributed by atoms with E-state index in [4.69, 9.17) is 9.73 Å². The highest BCUT2D eigenvalue weighted by molar-refractivity contribution is 7.61. The molecule has 0 amide bonds. The van der Waals surface area contributed by atoms with E-state index >= 15 is 4.39 Å². The lowest BCUT2D eigenvalue weighted by molar-refractivity contribution is -0.0114. The summed E-state index contributed by atoms with van der Waals surface area (Å²) in [5.41, 5.74) is 3.97. The van der Waals surface area contributed by atoms with Gasteiger partial charge in [-0.25, -0.2) is 9.38 Å². The number of allylic oxidation sites excluding steroid dienone is 2. The Bertz CT molecular complexity index is 725. The molecular weight excluding hydrogens is 346 g/mol. The zero-order valence-electron chi connectivity index (χ0n) is 16.1. The number of hydrogen-bond donors (Lipinski definition) is 0. The van der Waals surface area contributed by atoms with E-state index in [2.05, 4.69) is 18.2 Å². The third-order valence-electron chi connectivity index (χ3n) is 4.41. The van der Waals surface area contributed by atoms with Gasteiger partial charge in [-0.3, -0.25) is 4.99 Å². The molecule has 140 valence electrons. The topological polar surface area (TPSA) is 34.0 Å². The molecular formula is C21H28FN2OP. The van der Waals surface area contributed by atoms with Gasteiger partial charge < -0.3 is 4.74 Å². The average Bonchev–Trinajstić information content (AvgIpc) is 2.64. The molecule has 0 radical (unpaired) electrons. The third-order valence-corrected chi connectivity index (χ3v) is 5.25. The van der Waals surface area contributed by atoms with Crippen molar-refractivity contribution >= 4 is 25.4 Å². The quantitative estimate of drug-likeness (QED) is 0.486. The number of rotatable bonds is 6. The van der Waals surface area contributed by atoms with Crippen molar-refractivity contribution in [2.75, 3.05) is 26.9 Å². The maximum absolute atomic E-state index is 15.0. The lowest BCUT2D eigenvalue weighted by atomic mass is 9.88. The van der Waals surface area contributed by atoms with Gasteiger partial charge in [0.05, 0.1) is 16.9 Å². The first-order chi connectivity index (χ1) is 12.4. The largest absolute Gasteiger partial charge is 0.381 e.